The highest BCUT2D eigenvalue weighted by Gasteiger charge is 2.32. The van der Waals surface area contributed by atoms with E-state index < -0.39 is 0 Å². The Morgan fingerprint density at radius 2 is 1.94 bits per heavy atom. The number of ether oxygens (including phenoxy) is 3. The van der Waals surface area contributed by atoms with Gasteiger partial charge in [0.2, 0.25) is 6.79 Å². The van der Waals surface area contributed by atoms with Crippen LogP contribution in [0.15, 0.2) is 71.6 Å². The lowest BCUT2D eigenvalue weighted by molar-refractivity contribution is -0.122. The number of thioether (sulfide) groups is 1. The molecule has 1 N–H and O–H groups in total. The summed E-state index contributed by atoms with van der Waals surface area (Å²) in [5, 5.41) is 3.26. The summed E-state index contributed by atoms with van der Waals surface area (Å²) in [7, 11) is 0. The van der Waals surface area contributed by atoms with Crippen LogP contribution in [0.2, 0.25) is 5.02 Å². The van der Waals surface area contributed by atoms with Crippen LogP contribution >= 0.6 is 35.6 Å². The Kier molecular flexibility index (Phi) is 7.13. The van der Waals surface area contributed by atoms with E-state index in [-0.39, 0.29) is 25.2 Å². The van der Waals surface area contributed by atoms with E-state index in [1.165, 1.54) is 11.8 Å². The van der Waals surface area contributed by atoms with Crippen LogP contribution < -0.4 is 19.5 Å². The fourth-order valence-corrected chi connectivity index (χ4v) is 5.06. The molecular formula is C26H19ClN2O5S2. The van der Waals surface area contributed by atoms with Gasteiger partial charge in [-0.3, -0.25) is 14.5 Å². The van der Waals surface area contributed by atoms with Gasteiger partial charge in [0, 0.05) is 10.7 Å². The van der Waals surface area contributed by atoms with Gasteiger partial charge in [0.15, 0.2) is 18.1 Å². The molecule has 1 fully saturated rings. The number of anilines is 1. The highest BCUT2D eigenvalue weighted by Crippen LogP contribution is 2.36. The second-order valence-electron chi connectivity index (χ2n) is 7.88. The number of benzene rings is 3. The molecule has 0 saturated carbocycles. The standard InChI is InChI=1S/C26H19ClN2O5S2/c27-18-4-2-5-19(12-18)28-24(30)14-32-20-6-1-3-16(9-20)11-23-25(31)29(26(35)36-23)13-17-7-8-21-22(10-17)34-15-33-21/h1-12H,13-15H2,(H,28,30)/b23-11-. The van der Waals surface area contributed by atoms with E-state index in [0.29, 0.717) is 43.7 Å². The largest absolute Gasteiger partial charge is 0.484 e. The topological polar surface area (TPSA) is 77.1 Å². The molecule has 2 aliphatic rings. The van der Waals surface area contributed by atoms with E-state index in [4.69, 9.17) is 38.0 Å². The van der Waals surface area contributed by atoms with E-state index in [2.05, 4.69) is 5.32 Å². The number of hydrogen-bond donors (Lipinski definition) is 1. The van der Waals surface area contributed by atoms with Gasteiger partial charge >= 0.3 is 0 Å². The fraction of sp³-hybridized carbons (Fsp3) is 0.115. The molecule has 0 unspecified atom stereocenters. The van der Waals surface area contributed by atoms with Gasteiger partial charge in [-0.05, 0) is 59.7 Å². The monoisotopic (exact) mass is 538 g/mol. The quantitative estimate of drug-likeness (QED) is 0.315. The molecular weight excluding hydrogens is 520 g/mol. The lowest BCUT2D eigenvalue weighted by Gasteiger charge is -2.14. The average molecular weight is 539 g/mol. The second-order valence-corrected chi connectivity index (χ2v) is 9.99. The summed E-state index contributed by atoms with van der Waals surface area (Å²) in [6.45, 7) is 0.356. The molecule has 10 heteroatoms. The SMILES string of the molecule is O=C(COc1cccc(/C=C2\SC(=S)N(Cc3ccc4c(c3)OCO4)C2=O)c1)Nc1cccc(Cl)c1. The summed E-state index contributed by atoms with van der Waals surface area (Å²) in [6, 6.07) is 19.6. The first-order valence-electron chi connectivity index (χ1n) is 10.9. The molecule has 3 aromatic rings. The number of nitrogens with zero attached hydrogens (tertiary/aromatic N) is 1. The smallest absolute Gasteiger partial charge is 0.266 e. The summed E-state index contributed by atoms with van der Waals surface area (Å²) < 4.78 is 16.9. The van der Waals surface area contributed by atoms with Crippen molar-refractivity contribution >= 4 is 63.5 Å². The molecule has 7 nitrogen and oxygen atoms in total. The van der Waals surface area contributed by atoms with Crippen LogP contribution in [-0.4, -0.2) is 34.4 Å². The molecule has 0 bridgehead atoms. The number of carbonyl (C=O) groups is 2. The zero-order valence-corrected chi connectivity index (χ0v) is 21.1. The minimum Gasteiger partial charge on any atom is -0.484 e. The molecule has 0 aliphatic carbocycles. The number of hydrogen-bond acceptors (Lipinski definition) is 7. The third-order valence-electron chi connectivity index (χ3n) is 5.29. The minimum absolute atomic E-state index is 0.171. The minimum atomic E-state index is -0.313. The number of thiocarbonyl (C=S) groups is 1. The molecule has 1 saturated heterocycles. The summed E-state index contributed by atoms with van der Waals surface area (Å²) in [4.78, 5) is 27.3. The van der Waals surface area contributed by atoms with Crippen molar-refractivity contribution in [2.45, 2.75) is 6.54 Å². The summed E-state index contributed by atoms with van der Waals surface area (Å²) in [5.41, 5.74) is 2.24. The third-order valence-corrected chi connectivity index (χ3v) is 6.90. The fourth-order valence-electron chi connectivity index (χ4n) is 3.62. The number of halogens is 1. The molecule has 36 heavy (non-hydrogen) atoms. The van der Waals surface area contributed by atoms with Gasteiger partial charge in [-0.2, -0.15) is 0 Å². The Hall–Kier alpha value is -3.53. The number of nitrogens with one attached hydrogen (secondary N) is 1. The van der Waals surface area contributed by atoms with Crippen molar-refractivity contribution in [2.24, 2.45) is 0 Å². The third kappa shape index (κ3) is 5.64. The lowest BCUT2D eigenvalue weighted by Crippen LogP contribution is -2.27. The van der Waals surface area contributed by atoms with Crippen molar-refractivity contribution in [1.29, 1.82) is 0 Å². The van der Waals surface area contributed by atoms with Crippen LogP contribution in [0.3, 0.4) is 0 Å². The van der Waals surface area contributed by atoms with E-state index >= 15 is 0 Å². The van der Waals surface area contributed by atoms with Gasteiger partial charge in [-0.15, -0.1) is 0 Å². The van der Waals surface area contributed by atoms with Crippen molar-refractivity contribution in [1.82, 2.24) is 4.90 Å². The Labute approximate surface area is 222 Å². The van der Waals surface area contributed by atoms with Crippen LogP contribution in [0.5, 0.6) is 17.2 Å². The van der Waals surface area contributed by atoms with Crippen molar-refractivity contribution in [3.63, 3.8) is 0 Å². The van der Waals surface area contributed by atoms with Gasteiger partial charge < -0.3 is 19.5 Å². The molecule has 5 rings (SSSR count). The molecule has 2 amide bonds. The Balaban J connectivity index is 1.22. The van der Waals surface area contributed by atoms with Gasteiger partial charge in [-0.25, -0.2) is 0 Å². The van der Waals surface area contributed by atoms with Crippen LogP contribution in [0.1, 0.15) is 11.1 Å². The molecule has 3 aromatic carbocycles. The first-order valence-corrected chi connectivity index (χ1v) is 12.5. The number of carbonyl (C=O) groups excluding carboxylic acids is 2. The normalized spacial score (nSPS) is 15.5. The highest BCUT2D eigenvalue weighted by atomic mass is 35.5. The zero-order chi connectivity index (χ0) is 25.1. The van der Waals surface area contributed by atoms with E-state index in [1.807, 2.05) is 24.3 Å². The van der Waals surface area contributed by atoms with Crippen molar-refractivity contribution < 1.29 is 23.8 Å². The van der Waals surface area contributed by atoms with Gasteiger partial charge in [0.05, 0.1) is 11.4 Å². The molecule has 0 atom stereocenters. The maximum absolute atomic E-state index is 13.1. The Morgan fingerprint density at radius 1 is 1.11 bits per heavy atom. The Morgan fingerprint density at radius 3 is 2.81 bits per heavy atom. The van der Waals surface area contributed by atoms with E-state index in [9.17, 15) is 9.59 Å². The molecule has 2 heterocycles. The van der Waals surface area contributed by atoms with E-state index in [0.717, 1.165) is 11.1 Å². The first-order chi connectivity index (χ1) is 17.4. The predicted molar refractivity (Wildman–Crippen MR) is 143 cm³/mol. The summed E-state index contributed by atoms with van der Waals surface area (Å²) >= 11 is 12.6. The van der Waals surface area contributed by atoms with E-state index in [1.54, 1.807) is 53.4 Å². The number of fused-ring (bicyclic) bond motifs is 1. The van der Waals surface area contributed by atoms with Gasteiger partial charge in [-0.1, -0.05) is 59.8 Å². The van der Waals surface area contributed by atoms with Crippen molar-refractivity contribution in [3.8, 4) is 17.2 Å². The first kappa shape index (κ1) is 24.2. The zero-order valence-electron chi connectivity index (χ0n) is 18.7. The van der Waals surface area contributed by atoms with Gasteiger partial charge in [0.1, 0.15) is 10.1 Å². The lowest BCUT2D eigenvalue weighted by atomic mass is 10.1. The number of rotatable bonds is 7. The average Bonchev–Trinajstić information content (AvgIpc) is 3.43. The summed E-state index contributed by atoms with van der Waals surface area (Å²) in [6.07, 6.45) is 1.76. The predicted octanol–water partition coefficient (Wildman–Crippen LogP) is 5.49. The molecule has 0 radical (unpaired) electrons. The maximum Gasteiger partial charge on any atom is 0.266 e. The maximum atomic E-state index is 13.1. The summed E-state index contributed by atoms with van der Waals surface area (Å²) in [5.74, 6) is 1.36. The van der Waals surface area contributed by atoms with Gasteiger partial charge in [0.25, 0.3) is 11.8 Å². The number of amides is 2. The van der Waals surface area contributed by atoms with Crippen LogP contribution in [0.25, 0.3) is 6.08 Å². The van der Waals surface area contributed by atoms with Crippen molar-refractivity contribution in [3.05, 3.63) is 87.8 Å². The van der Waals surface area contributed by atoms with Crippen LogP contribution in [0.4, 0.5) is 5.69 Å². The van der Waals surface area contributed by atoms with Crippen LogP contribution in [0, 0.1) is 0 Å². The molecule has 0 aromatic heterocycles. The second kappa shape index (κ2) is 10.6. The molecule has 2 aliphatic heterocycles. The Bertz CT molecular complexity index is 1390. The highest BCUT2D eigenvalue weighted by molar-refractivity contribution is 8.26. The molecule has 182 valence electrons. The van der Waals surface area contributed by atoms with Crippen molar-refractivity contribution in [2.75, 3.05) is 18.7 Å². The molecule has 0 spiro atoms. The van der Waals surface area contributed by atoms with Crippen LogP contribution in [-0.2, 0) is 16.1 Å².